The van der Waals surface area contributed by atoms with Gasteiger partial charge in [-0.2, -0.15) is 0 Å². The van der Waals surface area contributed by atoms with E-state index in [1.54, 1.807) is 0 Å². The highest BCUT2D eigenvalue weighted by Gasteiger charge is 2.33. The molecule has 6 nitrogen and oxygen atoms in total. The first-order chi connectivity index (χ1) is 15.0. The van der Waals surface area contributed by atoms with Crippen LogP contribution < -0.4 is 26.4 Å². The van der Waals surface area contributed by atoms with Crippen molar-refractivity contribution < 1.29 is 4.79 Å². The van der Waals surface area contributed by atoms with E-state index in [1.807, 2.05) is 0 Å². The maximum absolute atomic E-state index is 12.8. The zero-order chi connectivity index (χ0) is 22.0. The van der Waals surface area contributed by atoms with Gasteiger partial charge in [-0.3, -0.25) is 14.4 Å². The Balaban J connectivity index is 1.24. The van der Waals surface area contributed by atoms with Crippen LogP contribution in [0.3, 0.4) is 0 Å². The Bertz CT molecular complexity index is 830. The van der Waals surface area contributed by atoms with Gasteiger partial charge >= 0.3 is 0 Å². The van der Waals surface area contributed by atoms with Crippen LogP contribution >= 0.6 is 0 Å². The number of rotatable bonds is 6. The normalized spacial score (nSPS) is 32.1. The van der Waals surface area contributed by atoms with Crippen LogP contribution in [0.5, 0.6) is 0 Å². The molecule has 1 saturated heterocycles. The Labute approximate surface area is 185 Å². The Morgan fingerprint density at radius 3 is 2.32 bits per heavy atom. The van der Waals surface area contributed by atoms with Crippen molar-refractivity contribution in [3.05, 3.63) is 20.4 Å². The minimum Gasteiger partial charge on any atom is -0.380 e. The van der Waals surface area contributed by atoms with E-state index in [-0.39, 0.29) is 22.7 Å². The Morgan fingerprint density at radius 1 is 0.903 bits per heavy atom. The lowest BCUT2D eigenvalue weighted by atomic mass is 9.77. The molecule has 2 aliphatic carbocycles. The maximum atomic E-state index is 12.8. The van der Waals surface area contributed by atoms with Crippen LogP contribution in [0.1, 0.15) is 78.1 Å². The van der Waals surface area contributed by atoms with Crippen molar-refractivity contribution >= 4 is 17.3 Å². The van der Waals surface area contributed by atoms with E-state index in [2.05, 4.69) is 29.4 Å². The highest BCUT2D eigenvalue weighted by atomic mass is 16.2. The van der Waals surface area contributed by atoms with Crippen molar-refractivity contribution in [3.8, 4) is 0 Å². The molecule has 0 radical (unpaired) electrons. The van der Waals surface area contributed by atoms with Crippen LogP contribution in [0.25, 0.3) is 0 Å². The molecule has 1 aromatic rings. The second kappa shape index (κ2) is 9.74. The molecule has 0 bridgehead atoms. The van der Waals surface area contributed by atoms with E-state index >= 15 is 0 Å². The average Bonchev–Trinajstić information content (AvgIpc) is 2.80. The molecule has 3 atom stereocenters. The molecule has 0 aromatic heterocycles. The molecule has 0 spiro atoms. The van der Waals surface area contributed by atoms with E-state index < -0.39 is 0 Å². The van der Waals surface area contributed by atoms with E-state index in [9.17, 15) is 14.4 Å². The van der Waals surface area contributed by atoms with Gasteiger partial charge in [0.15, 0.2) is 0 Å². The monoisotopic (exact) mass is 429 g/mol. The molecule has 1 aliphatic heterocycles. The first-order valence-corrected chi connectivity index (χ1v) is 12.6. The fourth-order valence-corrected chi connectivity index (χ4v) is 5.92. The smallest absolute Gasteiger partial charge is 0.253 e. The number of hydrogen-bond acceptors (Lipinski definition) is 5. The Morgan fingerprint density at radius 2 is 1.61 bits per heavy atom. The SMILES string of the molecule is C[C@@H]1[C@H](C)CCC[C@@H]1NC(=O)C1CCC(CNc2c(N3CCCCC3)c(=O)c2=O)CC1. The summed E-state index contributed by atoms with van der Waals surface area (Å²) in [5, 5.41) is 6.66. The predicted molar refractivity (Wildman–Crippen MR) is 125 cm³/mol. The van der Waals surface area contributed by atoms with E-state index in [1.165, 1.54) is 19.3 Å². The molecule has 2 N–H and O–H groups in total. The van der Waals surface area contributed by atoms with Gasteiger partial charge in [0.2, 0.25) is 5.91 Å². The van der Waals surface area contributed by atoms with Crippen LogP contribution in [-0.2, 0) is 4.79 Å². The Hall–Kier alpha value is -1.85. The van der Waals surface area contributed by atoms with Crippen LogP contribution in [0, 0.1) is 23.7 Å². The highest BCUT2D eigenvalue weighted by Crippen LogP contribution is 2.33. The third-order valence-electron chi connectivity index (χ3n) is 8.38. The summed E-state index contributed by atoms with van der Waals surface area (Å²) in [6.45, 7) is 7.04. The summed E-state index contributed by atoms with van der Waals surface area (Å²) in [7, 11) is 0. The fourth-order valence-electron chi connectivity index (χ4n) is 5.92. The van der Waals surface area contributed by atoms with Crippen molar-refractivity contribution in [3.63, 3.8) is 0 Å². The average molecular weight is 430 g/mol. The number of nitrogens with one attached hydrogen (secondary N) is 2. The highest BCUT2D eigenvalue weighted by molar-refractivity contribution is 5.79. The molecule has 6 heteroatoms. The molecule has 31 heavy (non-hydrogen) atoms. The van der Waals surface area contributed by atoms with Gasteiger partial charge in [-0.25, -0.2) is 0 Å². The summed E-state index contributed by atoms with van der Waals surface area (Å²) in [5.74, 6) is 2.06. The maximum Gasteiger partial charge on any atom is 0.253 e. The number of carbonyl (C=O) groups is 1. The second-order valence-corrected chi connectivity index (χ2v) is 10.4. The summed E-state index contributed by atoms with van der Waals surface area (Å²) in [4.78, 5) is 39.1. The van der Waals surface area contributed by atoms with Crippen molar-refractivity contribution in [1.82, 2.24) is 5.32 Å². The molecule has 0 unspecified atom stereocenters. The van der Waals surface area contributed by atoms with Crippen molar-refractivity contribution in [2.75, 3.05) is 29.9 Å². The van der Waals surface area contributed by atoms with Gasteiger partial charge in [0.25, 0.3) is 10.9 Å². The molecule has 2 saturated carbocycles. The molecule has 1 heterocycles. The van der Waals surface area contributed by atoms with Gasteiger partial charge in [0, 0.05) is 31.6 Å². The van der Waals surface area contributed by atoms with E-state index in [0.717, 1.165) is 64.6 Å². The van der Waals surface area contributed by atoms with Gasteiger partial charge in [-0.05, 0) is 69.1 Å². The first kappa shape index (κ1) is 22.3. The van der Waals surface area contributed by atoms with Gasteiger partial charge in [0.05, 0.1) is 0 Å². The summed E-state index contributed by atoms with van der Waals surface area (Å²) in [5.41, 5.74) is 0.473. The zero-order valence-electron chi connectivity index (χ0n) is 19.3. The van der Waals surface area contributed by atoms with Crippen LogP contribution in [0.2, 0.25) is 0 Å². The number of anilines is 2. The lowest BCUT2D eigenvalue weighted by molar-refractivity contribution is -0.127. The summed E-state index contributed by atoms with van der Waals surface area (Å²) in [6.07, 6.45) is 10.8. The number of amides is 1. The lowest BCUT2D eigenvalue weighted by Gasteiger charge is -2.36. The van der Waals surface area contributed by atoms with Crippen molar-refractivity contribution in [2.45, 2.75) is 84.1 Å². The van der Waals surface area contributed by atoms with Crippen LogP contribution in [-0.4, -0.2) is 31.6 Å². The van der Waals surface area contributed by atoms with E-state index in [0.29, 0.717) is 35.2 Å². The standard InChI is InChI=1S/C25H39N3O3/c1-16-7-6-8-20(17(16)2)27-25(31)19-11-9-18(10-12-19)15-26-21-22(24(30)23(21)29)28-13-4-3-5-14-28/h16-20,26H,3-15H2,1-2H3,(H,27,31)/t16-,17-,18?,19?,20+/m1/s1. The summed E-state index contributed by atoms with van der Waals surface area (Å²) in [6, 6.07) is 0.331. The fraction of sp³-hybridized carbons (Fsp3) is 0.800. The lowest BCUT2D eigenvalue weighted by Crippen LogP contribution is -2.46. The van der Waals surface area contributed by atoms with Gasteiger partial charge in [0.1, 0.15) is 11.4 Å². The molecule has 3 fully saturated rings. The first-order valence-electron chi connectivity index (χ1n) is 12.6. The molecule has 4 rings (SSSR count). The topological polar surface area (TPSA) is 78.5 Å². The molecule has 1 aromatic carbocycles. The van der Waals surface area contributed by atoms with E-state index in [4.69, 9.17) is 0 Å². The third-order valence-corrected chi connectivity index (χ3v) is 8.38. The van der Waals surface area contributed by atoms with Crippen LogP contribution in [0.4, 0.5) is 11.4 Å². The number of carbonyl (C=O) groups excluding carboxylic acids is 1. The molecular formula is C25H39N3O3. The quantitative estimate of drug-likeness (QED) is 0.678. The Kier molecular flexibility index (Phi) is 7.02. The molecular weight excluding hydrogens is 390 g/mol. The molecule has 3 aliphatic rings. The zero-order valence-corrected chi connectivity index (χ0v) is 19.3. The minimum atomic E-state index is -0.357. The second-order valence-electron chi connectivity index (χ2n) is 10.4. The van der Waals surface area contributed by atoms with Crippen molar-refractivity contribution in [1.29, 1.82) is 0 Å². The predicted octanol–water partition coefficient (Wildman–Crippen LogP) is 3.43. The van der Waals surface area contributed by atoms with Crippen LogP contribution in [0.15, 0.2) is 9.59 Å². The van der Waals surface area contributed by atoms with Gasteiger partial charge < -0.3 is 15.5 Å². The number of nitrogens with zero attached hydrogens (tertiary/aromatic N) is 1. The minimum absolute atomic E-state index is 0.121. The van der Waals surface area contributed by atoms with Gasteiger partial charge in [-0.1, -0.05) is 26.7 Å². The molecule has 1 amide bonds. The number of hydrogen-bond donors (Lipinski definition) is 2. The summed E-state index contributed by atoms with van der Waals surface area (Å²) < 4.78 is 0. The largest absolute Gasteiger partial charge is 0.380 e. The molecule has 172 valence electrons. The number of piperidine rings is 1. The third kappa shape index (κ3) is 4.83. The summed E-state index contributed by atoms with van der Waals surface area (Å²) >= 11 is 0. The van der Waals surface area contributed by atoms with Gasteiger partial charge in [-0.15, -0.1) is 0 Å². The van der Waals surface area contributed by atoms with Crippen molar-refractivity contribution in [2.24, 2.45) is 23.7 Å².